The Balaban J connectivity index is 1.47. The summed E-state index contributed by atoms with van der Waals surface area (Å²) >= 11 is 1.87. The van der Waals surface area contributed by atoms with Crippen LogP contribution in [-0.2, 0) is 5.54 Å². The van der Waals surface area contributed by atoms with Crippen LogP contribution in [0.25, 0.3) is 0 Å². The minimum Gasteiger partial charge on any atom is -0.323 e. The maximum Gasteiger partial charge on any atom is 0.329 e. The van der Waals surface area contributed by atoms with Crippen molar-refractivity contribution in [2.75, 3.05) is 27.2 Å². The summed E-state index contributed by atoms with van der Waals surface area (Å²) in [6, 6.07) is 4.51. The van der Waals surface area contributed by atoms with Crippen molar-refractivity contribution in [1.29, 1.82) is 0 Å². The Kier molecular flexibility index (Phi) is 4.20. The smallest absolute Gasteiger partial charge is 0.323 e. The van der Waals surface area contributed by atoms with Crippen molar-refractivity contribution < 1.29 is 4.79 Å². The molecule has 1 amide bonds. The molecule has 6 heteroatoms. The van der Waals surface area contributed by atoms with Gasteiger partial charge in [0.2, 0.25) is 0 Å². The molecule has 5 nitrogen and oxygen atoms in total. The first kappa shape index (κ1) is 16.8. The van der Waals surface area contributed by atoms with Crippen molar-refractivity contribution in [3.8, 4) is 0 Å². The van der Waals surface area contributed by atoms with Crippen LogP contribution in [0.2, 0.25) is 0 Å². The molecule has 0 unspecified atom stereocenters. The van der Waals surface area contributed by atoms with E-state index in [0.29, 0.717) is 5.41 Å². The van der Waals surface area contributed by atoms with Crippen LogP contribution in [0.1, 0.15) is 37.0 Å². The number of aromatic nitrogens is 2. The maximum atomic E-state index is 12.6. The quantitative estimate of drug-likeness (QED) is 0.823. The van der Waals surface area contributed by atoms with Gasteiger partial charge in [0.1, 0.15) is 6.33 Å². The second-order valence-corrected chi connectivity index (χ2v) is 8.78. The summed E-state index contributed by atoms with van der Waals surface area (Å²) in [5.41, 5.74) is 0.466. The number of rotatable bonds is 2. The number of thiophene rings is 1. The van der Waals surface area contributed by atoms with E-state index in [9.17, 15) is 4.79 Å². The van der Waals surface area contributed by atoms with Crippen molar-refractivity contribution in [2.45, 2.75) is 37.6 Å². The molecule has 2 aromatic rings. The molecule has 134 valence electrons. The average Bonchev–Trinajstić information content (AvgIpc) is 3.37. The van der Waals surface area contributed by atoms with E-state index in [4.69, 9.17) is 0 Å². The highest BCUT2D eigenvalue weighted by molar-refractivity contribution is 7.10. The second-order valence-electron chi connectivity index (χ2n) is 7.83. The van der Waals surface area contributed by atoms with Crippen LogP contribution in [0.15, 0.2) is 36.2 Å². The summed E-state index contributed by atoms with van der Waals surface area (Å²) in [5.74, 6) is 0. The fraction of sp³-hybridized carbons (Fsp3) is 0.579. The molecule has 2 fully saturated rings. The second kappa shape index (κ2) is 6.25. The zero-order valence-electron chi connectivity index (χ0n) is 15.0. The van der Waals surface area contributed by atoms with Gasteiger partial charge in [-0.3, -0.25) is 9.47 Å². The average molecular weight is 359 g/mol. The molecular weight excluding hydrogens is 332 g/mol. The Morgan fingerprint density at radius 1 is 1.24 bits per heavy atom. The first-order valence-electron chi connectivity index (χ1n) is 9.03. The standard InChI is InChI=1S/C19H26N4OS/c1-21(2)19(16-4-3-13-25-16)7-5-18(6-8-19)9-11-22(14-18)17(24)23-12-10-20-15-23/h3-4,10,12-13,15H,5-9,11,14H2,1-2H3. The molecule has 1 saturated heterocycles. The molecule has 0 aromatic carbocycles. The first-order valence-corrected chi connectivity index (χ1v) is 9.91. The monoisotopic (exact) mass is 358 g/mol. The molecule has 1 saturated carbocycles. The van der Waals surface area contributed by atoms with Crippen LogP contribution < -0.4 is 0 Å². The third-order valence-electron chi connectivity index (χ3n) is 6.41. The zero-order valence-corrected chi connectivity index (χ0v) is 15.8. The van der Waals surface area contributed by atoms with E-state index in [-0.39, 0.29) is 11.6 Å². The van der Waals surface area contributed by atoms with E-state index < -0.39 is 0 Å². The van der Waals surface area contributed by atoms with Gasteiger partial charge in [0.25, 0.3) is 0 Å². The third kappa shape index (κ3) is 2.81. The molecule has 25 heavy (non-hydrogen) atoms. The van der Waals surface area contributed by atoms with E-state index in [1.165, 1.54) is 30.6 Å². The Morgan fingerprint density at radius 2 is 2.04 bits per heavy atom. The molecule has 2 aromatic heterocycles. The van der Waals surface area contributed by atoms with Gasteiger partial charge < -0.3 is 4.90 Å². The Morgan fingerprint density at radius 3 is 2.64 bits per heavy atom. The van der Waals surface area contributed by atoms with Gasteiger partial charge in [-0.1, -0.05) is 6.07 Å². The van der Waals surface area contributed by atoms with Gasteiger partial charge in [0.05, 0.1) is 5.54 Å². The predicted molar refractivity (Wildman–Crippen MR) is 99.8 cm³/mol. The highest BCUT2D eigenvalue weighted by Gasteiger charge is 2.48. The highest BCUT2D eigenvalue weighted by Crippen LogP contribution is 2.52. The summed E-state index contributed by atoms with van der Waals surface area (Å²) in [6.45, 7) is 1.75. The molecule has 1 aliphatic carbocycles. The van der Waals surface area contributed by atoms with Crippen LogP contribution >= 0.6 is 11.3 Å². The lowest BCUT2D eigenvalue weighted by Gasteiger charge is -2.48. The van der Waals surface area contributed by atoms with E-state index >= 15 is 0 Å². The Labute approximate surface area is 153 Å². The zero-order chi connectivity index (χ0) is 17.5. The molecule has 0 bridgehead atoms. The van der Waals surface area contributed by atoms with Crippen LogP contribution in [0.4, 0.5) is 4.79 Å². The SMILES string of the molecule is CN(C)C1(c2cccs2)CCC2(CCN(C(=O)n3ccnc3)C2)CC1. The number of amides is 1. The first-order chi connectivity index (χ1) is 12.0. The number of likely N-dealkylation sites (tertiary alicyclic amines) is 1. The minimum atomic E-state index is 0.0667. The maximum absolute atomic E-state index is 12.6. The van der Waals surface area contributed by atoms with Crippen molar-refractivity contribution in [3.63, 3.8) is 0 Å². The Bertz CT molecular complexity index is 715. The number of imidazole rings is 1. The van der Waals surface area contributed by atoms with E-state index in [1.807, 2.05) is 16.2 Å². The van der Waals surface area contributed by atoms with Crippen LogP contribution in [0.3, 0.4) is 0 Å². The summed E-state index contributed by atoms with van der Waals surface area (Å²) in [5, 5.41) is 2.19. The van der Waals surface area contributed by atoms with Gasteiger partial charge in [0.15, 0.2) is 0 Å². The van der Waals surface area contributed by atoms with Gasteiger partial charge in [-0.15, -0.1) is 11.3 Å². The number of carbonyl (C=O) groups is 1. The molecule has 1 aliphatic heterocycles. The number of nitrogens with zero attached hydrogens (tertiary/aromatic N) is 4. The summed E-state index contributed by atoms with van der Waals surface area (Å²) < 4.78 is 1.59. The third-order valence-corrected chi connectivity index (χ3v) is 7.47. The van der Waals surface area contributed by atoms with E-state index in [0.717, 1.165) is 19.5 Å². The molecule has 4 rings (SSSR count). The van der Waals surface area contributed by atoms with Crippen molar-refractivity contribution in [2.24, 2.45) is 5.41 Å². The van der Waals surface area contributed by atoms with Gasteiger partial charge >= 0.3 is 6.03 Å². The van der Waals surface area contributed by atoms with Crippen molar-refractivity contribution in [3.05, 3.63) is 41.1 Å². The van der Waals surface area contributed by atoms with Crippen LogP contribution in [0.5, 0.6) is 0 Å². The summed E-state index contributed by atoms with van der Waals surface area (Å²) in [7, 11) is 4.42. The summed E-state index contributed by atoms with van der Waals surface area (Å²) in [4.78, 5) is 22.5. The topological polar surface area (TPSA) is 41.4 Å². The fourth-order valence-corrected chi connectivity index (χ4v) is 5.76. The minimum absolute atomic E-state index is 0.0667. The van der Waals surface area contributed by atoms with Gasteiger partial charge in [-0.2, -0.15) is 0 Å². The molecule has 2 aliphatic rings. The molecule has 1 spiro atoms. The normalized spacial score (nSPS) is 29.6. The lowest BCUT2D eigenvalue weighted by molar-refractivity contribution is 0.0423. The van der Waals surface area contributed by atoms with Crippen molar-refractivity contribution >= 4 is 17.4 Å². The van der Waals surface area contributed by atoms with E-state index in [1.54, 1.807) is 23.3 Å². The molecule has 0 radical (unpaired) electrons. The fourth-order valence-electron chi connectivity index (χ4n) is 4.69. The van der Waals surface area contributed by atoms with E-state index in [2.05, 4.69) is 41.5 Å². The molecule has 3 heterocycles. The van der Waals surface area contributed by atoms with Crippen molar-refractivity contribution in [1.82, 2.24) is 19.4 Å². The molecule has 0 atom stereocenters. The van der Waals surface area contributed by atoms with Gasteiger partial charge in [-0.05, 0) is 63.1 Å². The Hall–Kier alpha value is -1.66. The lowest BCUT2D eigenvalue weighted by Crippen LogP contribution is -2.47. The number of hydrogen-bond acceptors (Lipinski definition) is 4. The number of hydrogen-bond donors (Lipinski definition) is 0. The molecular formula is C19H26N4OS. The largest absolute Gasteiger partial charge is 0.329 e. The van der Waals surface area contributed by atoms with Gasteiger partial charge in [-0.25, -0.2) is 9.78 Å². The van der Waals surface area contributed by atoms with Gasteiger partial charge in [0, 0.05) is 30.4 Å². The predicted octanol–water partition coefficient (Wildman–Crippen LogP) is 3.64. The number of carbonyl (C=O) groups excluding carboxylic acids is 1. The molecule has 0 N–H and O–H groups in total. The lowest BCUT2D eigenvalue weighted by atomic mass is 9.66. The van der Waals surface area contributed by atoms with Crippen LogP contribution in [-0.4, -0.2) is 52.6 Å². The summed E-state index contributed by atoms with van der Waals surface area (Å²) in [6.07, 6.45) is 10.9. The van der Waals surface area contributed by atoms with Crippen LogP contribution in [0, 0.1) is 5.41 Å². The highest BCUT2D eigenvalue weighted by atomic mass is 32.1.